The number of nitrogens with one attached hydrogen (secondary N) is 2. The minimum absolute atomic E-state index is 0.105. The summed E-state index contributed by atoms with van der Waals surface area (Å²) in [6, 6.07) is 24.6. The Morgan fingerprint density at radius 2 is 1.65 bits per heavy atom. The molecule has 1 aliphatic carbocycles. The van der Waals surface area contributed by atoms with Crippen molar-refractivity contribution in [2.45, 2.75) is 70.3 Å². The second-order valence-electron chi connectivity index (χ2n) is 10.6. The van der Waals surface area contributed by atoms with Gasteiger partial charge in [0.15, 0.2) is 0 Å². The lowest BCUT2D eigenvalue weighted by molar-refractivity contribution is -0.127. The summed E-state index contributed by atoms with van der Waals surface area (Å²) in [7, 11) is 0. The number of carbonyl (C=O) groups is 2. The number of benzene rings is 3. The zero-order chi connectivity index (χ0) is 28.3. The Morgan fingerprint density at radius 3 is 2.42 bits per heavy atom. The zero-order valence-corrected chi connectivity index (χ0v) is 23.1. The van der Waals surface area contributed by atoms with Crippen LogP contribution in [0.1, 0.15) is 60.0 Å². The summed E-state index contributed by atoms with van der Waals surface area (Å²) in [5.41, 5.74) is 4.68. The Bertz CT molecular complexity index is 1250. The van der Waals surface area contributed by atoms with Crippen molar-refractivity contribution in [1.29, 1.82) is 0 Å². The number of carbonyl (C=O) groups excluding carboxylic acids is 2. The third kappa shape index (κ3) is 8.16. The van der Waals surface area contributed by atoms with Crippen molar-refractivity contribution in [1.82, 2.24) is 10.6 Å². The molecular formula is C33H40N2O5. The topological polar surface area (TPSA) is 108 Å². The average molecular weight is 545 g/mol. The van der Waals surface area contributed by atoms with Crippen LogP contribution < -0.4 is 10.6 Å². The first-order valence-corrected chi connectivity index (χ1v) is 14.2. The number of hydrogen-bond acceptors (Lipinski definition) is 5. The molecule has 0 spiro atoms. The fourth-order valence-electron chi connectivity index (χ4n) is 5.33. The highest BCUT2D eigenvalue weighted by Crippen LogP contribution is 2.32. The third-order valence-corrected chi connectivity index (χ3v) is 7.49. The van der Waals surface area contributed by atoms with Crippen LogP contribution in [0.4, 0.5) is 4.79 Å². The minimum atomic E-state index is -0.792. The first kappa shape index (κ1) is 29.3. The van der Waals surface area contributed by atoms with Gasteiger partial charge in [-0.3, -0.25) is 4.79 Å². The van der Waals surface area contributed by atoms with Gasteiger partial charge in [0.1, 0.15) is 6.61 Å². The molecule has 0 saturated heterocycles. The van der Waals surface area contributed by atoms with Crippen LogP contribution in [0, 0.1) is 5.92 Å². The number of rotatable bonds is 13. The Kier molecular flexibility index (Phi) is 10.7. The summed E-state index contributed by atoms with van der Waals surface area (Å²) in [5, 5.41) is 27.7. The first-order valence-electron chi connectivity index (χ1n) is 14.2. The highest BCUT2D eigenvalue weighted by Gasteiger charge is 2.34. The van der Waals surface area contributed by atoms with E-state index in [1.54, 1.807) is 0 Å². The average Bonchev–Trinajstić information content (AvgIpc) is 3.27. The zero-order valence-electron chi connectivity index (χ0n) is 23.1. The van der Waals surface area contributed by atoms with Crippen LogP contribution in [0.5, 0.6) is 0 Å². The Hall–Kier alpha value is -3.68. The quantitative estimate of drug-likeness (QED) is 0.235. The monoisotopic (exact) mass is 544 g/mol. The fourth-order valence-corrected chi connectivity index (χ4v) is 5.33. The van der Waals surface area contributed by atoms with Crippen LogP contribution >= 0.6 is 0 Å². The molecule has 2 amide bonds. The molecular weight excluding hydrogens is 504 g/mol. The van der Waals surface area contributed by atoms with Crippen LogP contribution in [0.2, 0.25) is 0 Å². The van der Waals surface area contributed by atoms with Crippen molar-refractivity contribution in [3.05, 3.63) is 107 Å². The second-order valence-corrected chi connectivity index (χ2v) is 10.6. The lowest BCUT2D eigenvalue weighted by atomic mass is 9.89. The van der Waals surface area contributed by atoms with Crippen molar-refractivity contribution in [2.75, 3.05) is 6.54 Å². The molecule has 3 aromatic carbocycles. The number of fused-ring (bicyclic) bond motifs is 1. The molecule has 0 heterocycles. The van der Waals surface area contributed by atoms with Gasteiger partial charge < -0.3 is 25.6 Å². The van der Waals surface area contributed by atoms with Crippen LogP contribution in [-0.2, 0) is 35.4 Å². The van der Waals surface area contributed by atoms with Gasteiger partial charge in [0.05, 0.1) is 18.2 Å². The summed E-state index contributed by atoms with van der Waals surface area (Å²) in [4.78, 5) is 25.6. The van der Waals surface area contributed by atoms with Crippen molar-refractivity contribution in [2.24, 2.45) is 5.92 Å². The molecule has 7 nitrogen and oxygen atoms in total. The maximum atomic E-state index is 13.6. The Morgan fingerprint density at radius 1 is 0.950 bits per heavy atom. The lowest BCUT2D eigenvalue weighted by Crippen LogP contribution is -2.39. The molecule has 3 aromatic rings. The van der Waals surface area contributed by atoms with Crippen LogP contribution in [-0.4, -0.2) is 41.0 Å². The van der Waals surface area contributed by atoms with Crippen molar-refractivity contribution >= 4 is 12.0 Å². The van der Waals surface area contributed by atoms with Crippen molar-refractivity contribution < 1.29 is 24.5 Å². The molecule has 0 radical (unpaired) electrons. The largest absolute Gasteiger partial charge is 0.445 e. The lowest BCUT2D eigenvalue weighted by Gasteiger charge is -2.25. The van der Waals surface area contributed by atoms with E-state index < -0.39 is 30.3 Å². The molecule has 4 atom stereocenters. The molecule has 4 rings (SSSR count). The van der Waals surface area contributed by atoms with Crippen LogP contribution in [0.15, 0.2) is 78.9 Å². The van der Waals surface area contributed by atoms with E-state index in [9.17, 15) is 19.8 Å². The predicted octanol–water partition coefficient (Wildman–Crippen LogP) is 4.64. The van der Waals surface area contributed by atoms with E-state index in [4.69, 9.17) is 4.74 Å². The van der Waals surface area contributed by atoms with Gasteiger partial charge >= 0.3 is 6.09 Å². The Balaban J connectivity index is 1.42. The number of hydrogen-bond donors (Lipinski definition) is 4. The summed E-state index contributed by atoms with van der Waals surface area (Å²) < 4.78 is 5.39. The summed E-state index contributed by atoms with van der Waals surface area (Å²) in [6.45, 7) is 2.73. The maximum Gasteiger partial charge on any atom is 0.407 e. The second kappa shape index (κ2) is 14.6. The number of amides is 2. The molecule has 0 fully saturated rings. The van der Waals surface area contributed by atoms with E-state index in [1.807, 2.05) is 78.9 Å². The van der Waals surface area contributed by atoms with E-state index in [2.05, 4.69) is 17.6 Å². The van der Waals surface area contributed by atoms with Gasteiger partial charge in [-0.2, -0.15) is 0 Å². The predicted molar refractivity (Wildman–Crippen MR) is 155 cm³/mol. The number of aliphatic hydroxyl groups excluding tert-OH is 2. The molecule has 0 aromatic heterocycles. The number of alkyl carbamates (subject to hydrolysis) is 1. The molecule has 1 aliphatic rings. The van der Waals surface area contributed by atoms with Crippen LogP contribution in [0.3, 0.4) is 0 Å². The summed E-state index contributed by atoms with van der Waals surface area (Å²) in [5.74, 6) is -0.686. The standard InChI is InChI=1S/C33H40N2O5/c1-2-3-17-34-33(39)40-22-26-15-8-7-13-24(26)19-28(36)20-27(18-23-11-5-4-6-12-23)32(38)35-31-29-16-10-9-14-25(29)21-30(31)37/h4-16,27-28,30-31,36-37H,2-3,17-22H2,1H3,(H,34,39)(H,35,38)/t27-,28-,30-,31+/m1/s1. The highest BCUT2D eigenvalue weighted by atomic mass is 16.5. The van der Waals surface area contributed by atoms with Gasteiger partial charge in [0.2, 0.25) is 5.91 Å². The summed E-state index contributed by atoms with van der Waals surface area (Å²) in [6.07, 6.45) is 1.48. The Labute approximate surface area is 236 Å². The molecule has 0 saturated carbocycles. The minimum Gasteiger partial charge on any atom is -0.445 e. The van der Waals surface area contributed by atoms with Gasteiger partial charge in [0, 0.05) is 18.9 Å². The fraction of sp³-hybridized carbons (Fsp3) is 0.394. The van der Waals surface area contributed by atoms with E-state index in [0.717, 1.165) is 40.7 Å². The maximum absolute atomic E-state index is 13.6. The molecule has 0 aliphatic heterocycles. The molecule has 212 valence electrons. The third-order valence-electron chi connectivity index (χ3n) is 7.49. The molecule has 7 heteroatoms. The highest BCUT2D eigenvalue weighted by molar-refractivity contribution is 5.80. The summed E-state index contributed by atoms with van der Waals surface area (Å²) >= 11 is 0. The van der Waals surface area contributed by atoms with Gasteiger partial charge in [-0.25, -0.2) is 4.79 Å². The van der Waals surface area contributed by atoms with E-state index in [1.165, 1.54) is 0 Å². The molecule has 0 bridgehead atoms. The van der Waals surface area contributed by atoms with Crippen molar-refractivity contribution in [3.63, 3.8) is 0 Å². The van der Waals surface area contributed by atoms with Gasteiger partial charge in [-0.1, -0.05) is 92.2 Å². The SMILES string of the molecule is CCCCNC(=O)OCc1ccccc1C[C@@H](O)C[C@@H](Cc1ccccc1)C(=O)N[C@H]1c2ccccc2C[C@H]1O. The van der Waals surface area contributed by atoms with E-state index >= 15 is 0 Å². The van der Waals surface area contributed by atoms with E-state index in [0.29, 0.717) is 25.8 Å². The van der Waals surface area contributed by atoms with Crippen molar-refractivity contribution in [3.8, 4) is 0 Å². The van der Waals surface area contributed by atoms with Crippen LogP contribution in [0.25, 0.3) is 0 Å². The first-order chi connectivity index (χ1) is 19.4. The number of aliphatic hydroxyl groups is 2. The molecule has 4 N–H and O–H groups in total. The smallest absolute Gasteiger partial charge is 0.407 e. The van der Waals surface area contributed by atoms with E-state index in [-0.39, 0.29) is 18.9 Å². The molecule has 0 unspecified atom stereocenters. The van der Waals surface area contributed by atoms with Gasteiger partial charge in [-0.15, -0.1) is 0 Å². The van der Waals surface area contributed by atoms with Gasteiger partial charge in [0.25, 0.3) is 0 Å². The van der Waals surface area contributed by atoms with Gasteiger partial charge in [-0.05, 0) is 53.5 Å². The molecule has 40 heavy (non-hydrogen) atoms. The number of unbranched alkanes of at least 4 members (excludes halogenated alkanes) is 1. The normalized spacial score (nSPS) is 17.5. The number of ether oxygens (including phenoxy) is 1.